The Morgan fingerprint density at radius 2 is 2.21 bits per heavy atom. The number of fused-ring (bicyclic) bond motifs is 1. The van der Waals surface area contributed by atoms with Crippen LogP contribution in [0.25, 0.3) is 0 Å². The van der Waals surface area contributed by atoms with E-state index in [1.54, 1.807) is 12.1 Å². The number of rotatable bonds is 1. The number of nitrogens with one attached hydrogen (secondary N) is 1. The van der Waals surface area contributed by atoms with Crippen LogP contribution in [0.2, 0.25) is 0 Å². The van der Waals surface area contributed by atoms with Crippen LogP contribution in [0.3, 0.4) is 0 Å². The van der Waals surface area contributed by atoms with Gasteiger partial charge in [-0.15, -0.1) is 0 Å². The van der Waals surface area contributed by atoms with Gasteiger partial charge in [0.05, 0.1) is 23.8 Å². The number of hydrogen-bond acceptors (Lipinski definition) is 3. The number of aliphatic hydroxyl groups is 1. The lowest BCUT2D eigenvalue weighted by molar-refractivity contribution is -0.121. The quantitative estimate of drug-likeness (QED) is 0.805. The average molecular weight is 258 g/mol. The molecule has 100 valence electrons. The highest BCUT2D eigenvalue weighted by Crippen LogP contribution is 2.41. The minimum absolute atomic E-state index is 0.185. The van der Waals surface area contributed by atoms with Gasteiger partial charge < -0.3 is 10.4 Å². The van der Waals surface area contributed by atoms with Crippen molar-refractivity contribution in [2.24, 2.45) is 5.41 Å². The zero-order valence-electron chi connectivity index (χ0n) is 11.4. The van der Waals surface area contributed by atoms with Crippen molar-refractivity contribution in [1.82, 2.24) is 5.32 Å². The summed E-state index contributed by atoms with van der Waals surface area (Å²) in [7, 11) is 0. The molecule has 1 amide bonds. The fraction of sp³-hybridized carbons (Fsp3) is 0.467. The lowest BCUT2D eigenvalue weighted by Gasteiger charge is -2.42. The maximum absolute atomic E-state index is 11.3. The first kappa shape index (κ1) is 13.6. The molecule has 1 aliphatic rings. The Bertz CT molecular complexity index is 558. The molecule has 0 saturated heterocycles. The minimum atomic E-state index is -0.669. The number of benzene rings is 1. The van der Waals surface area contributed by atoms with Crippen LogP contribution in [-0.4, -0.2) is 17.1 Å². The van der Waals surface area contributed by atoms with Crippen LogP contribution in [-0.2, 0) is 11.2 Å². The summed E-state index contributed by atoms with van der Waals surface area (Å²) < 4.78 is 0. The summed E-state index contributed by atoms with van der Waals surface area (Å²) in [5.74, 6) is -0.185. The number of hydrogen-bond donors (Lipinski definition) is 2. The van der Waals surface area contributed by atoms with Crippen LogP contribution in [0.15, 0.2) is 18.2 Å². The van der Waals surface area contributed by atoms with E-state index < -0.39 is 12.1 Å². The van der Waals surface area contributed by atoms with Gasteiger partial charge >= 0.3 is 0 Å². The summed E-state index contributed by atoms with van der Waals surface area (Å²) in [6.45, 7) is 5.39. The average Bonchev–Trinajstić information content (AvgIpc) is 2.34. The minimum Gasteiger partial charge on any atom is -0.390 e. The molecule has 0 radical (unpaired) electrons. The van der Waals surface area contributed by atoms with Gasteiger partial charge in [-0.3, -0.25) is 4.79 Å². The summed E-state index contributed by atoms with van der Waals surface area (Å²) in [6, 6.07) is 7.08. The van der Waals surface area contributed by atoms with Gasteiger partial charge in [-0.2, -0.15) is 5.26 Å². The van der Waals surface area contributed by atoms with E-state index in [-0.39, 0.29) is 11.3 Å². The van der Waals surface area contributed by atoms with Gasteiger partial charge in [-0.05, 0) is 35.1 Å². The highest BCUT2D eigenvalue weighted by atomic mass is 16.3. The Labute approximate surface area is 113 Å². The van der Waals surface area contributed by atoms with Crippen molar-refractivity contribution in [2.75, 3.05) is 0 Å². The van der Waals surface area contributed by atoms with E-state index in [2.05, 4.69) is 11.4 Å². The van der Waals surface area contributed by atoms with E-state index in [0.29, 0.717) is 5.56 Å². The van der Waals surface area contributed by atoms with Gasteiger partial charge in [0.1, 0.15) is 0 Å². The Morgan fingerprint density at radius 3 is 2.79 bits per heavy atom. The molecule has 2 unspecified atom stereocenters. The highest BCUT2D eigenvalue weighted by Gasteiger charge is 2.41. The number of carbonyl (C=O) groups excluding carboxylic acids is 1. The lowest BCUT2D eigenvalue weighted by Crippen LogP contribution is -2.47. The third-order valence-electron chi connectivity index (χ3n) is 3.73. The fourth-order valence-corrected chi connectivity index (χ4v) is 2.71. The number of carbonyl (C=O) groups is 1. The summed E-state index contributed by atoms with van der Waals surface area (Å²) in [5.41, 5.74) is 2.16. The standard InChI is InChI=1S/C15H18N2O2/c1-9(18)17-13-12-6-10(8-16)4-5-11(12)7-15(2,3)14(13)19/h4-6,13-14,19H,7H2,1-3H3,(H,17,18). The van der Waals surface area contributed by atoms with Gasteiger partial charge in [-0.1, -0.05) is 19.9 Å². The zero-order chi connectivity index (χ0) is 14.2. The predicted octanol–water partition coefficient (Wildman–Crippen LogP) is 1.68. The van der Waals surface area contributed by atoms with Crippen molar-refractivity contribution in [3.05, 3.63) is 34.9 Å². The van der Waals surface area contributed by atoms with Crippen LogP contribution in [0.4, 0.5) is 0 Å². The van der Waals surface area contributed by atoms with Gasteiger partial charge in [-0.25, -0.2) is 0 Å². The maximum atomic E-state index is 11.3. The molecule has 0 aliphatic heterocycles. The summed E-state index contributed by atoms with van der Waals surface area (Å²) in [4.78, 5) is 11.3. The monoisotopic (exact) mass is 258 g/mol. The van der Waals surface area contributed by atoms with Crippen molar-refractivity contribution in [3.8, 4) is 6.07 Å². The van der Waals surface area contributed by atoms with Crippen LogP contribution in [0.5, 0.6) is 0 Å². The van der Waals surface area contributed by atoms with Crippen LogP contribution in [0.1, 0.15) is 43.5 Å². The Balaban J connectivity index is 2.52. The molecule has 0 aromatic heterocycles. The van der Waals surface area contributed by atoms with E-state index in [9.17, 15) is 9.90 Å². The molecule has 1 aliphatic carbocycles. The van der Waals surface area contributed by atoms with Crippen LogP contribution >= 0.6 is 0 Å². The van der Waals surface area contributed by atoms with Gasteiger partial charge in [0, 0.05) is 6.92 Å². The SMILES string of the molecule is CC(=O)NC1c2cc(C#N)ccc2CC(C)(C)C1O. The molecule has 4 heteroatoms. The Kier molecular flexibility index (Phi) is 3.34. The fourth-order valence-electron chi connectivity index (χ4n) is 2.71. The molecule has 2 N–H and O–H groups in total. The highest BCUT2D eigenvalue weighted by molar-refractivity contribution is 5.73. The topological polar surface area (TPSA) is 73.1 Å². The molecule has 1 aromatic carbocycles. The summed E-state index contributed by atoms with van der Waals surface area (Å²) >= 11 is 0. The van der Waals surface area contributed by atoms with E-state index in [0.717, 1.165) is 17.5 Å². The van der Waals surface area contributed by atoms with Crippen LogP contribution in [0, 0.1) is 16.7 Å². The molecule has 0 fully saturated rings. The molecular formula is C15H18N2O2. The summed E-state index contributed by atoms with van der Waals surface area (Å²) in [5, 5.41) is 22.2. The third-order valence-corrected chi connectivity index (χ3v) is 3.73. The first-order chi connectivity index (χ1) is 8.85. The molecule has 2 rings (SSSR count). The normalized spacial score (nSPS) is 24.2. The lowest BCUT2D eigenvalue weighted by atomic mass is 9.69. The van der Waals surface area contributed by atoms with E-state index >= 15 is 0 Å². The van der Waals surface area contributed by atoms with Crippen molar-refractivity contribution in [3.63, 3.8) is 0 Å². The predicted molar refractivity (Wildman–Crippen MR) is 71.2 cm³/mol. The maximum Gasteiger partial charge on any atom is 0.217 e. The molecule has 2 atom stereocenters. The molecule has 0 saturated carbocycles. The van der Waals surface area contributed by atoms with E-state index in [4.69, 9.17) is 5.26 Å². The zero-order valence-corrected chi connectivity index (χ0v) is 11.4. The molecular weight excluding hydrogens is 240 g/mol. The second-order valence-corrected chi connectivity index (χ2v) is 5.81. The first-order valence-corrected chi connectivity index (χ1v) is 6.33. The first-order valence-electron chi connectivity index (χ1n) is 6.33. The molecule has 1 aromatic rings. The molecule has 0 bridgehead atoms. The van der Waals surface area contributed by atoms with E-state index in [1.165, 1.54) is 6.92 Å². The van der Waals surface area contributed by atoms with Crippen molar-refractivity contribution < 1.29 is 9.90 Å². The smallest absolute Gasteiger partial charge is 0.217 e. The van der Waals surface area contributed by atoms with Gasteiger partial charge in [0.25, 0.3) is 0 Å². The number of aliphatic hydroxyl groups excluding tert-OH is 1. The molecule has 0 spiro atoms. The second kappa shape index (κ2) is 4.67. The number of amides is 1. The van der Waals surface area contributed by atoms with Gasteiger partial charge in [0.2, 0.25) is 5.91 Å². The molecule has 4 nitrogen and oxygen atoms in total. The van der Waals surface area contributed by atoms with Gasteiger partial charge in [0.15, 0.2) is 0 Å². The second-order valence-electron chi connectivity index (χ2n) is 5.81. The largest absolute Gasteiger partial charge is 0.390 e. The van der Waals surface area contributed by atoms with Crippen molar-refractivity contribution in [2.45, 2.75) is 39.3 Å². The van der Waals surface area contributed by atoms with Crippen LogP contribution < -0.4 is 5.32 Å². The summed E-state index contributed by atoms with van der Waals surface area (Å²) in [6.07, 6.45) is 0.0588. The third kappa shape index (κ3) is 2.47. The molecule has 0 heterocycles. The number of nitriles is 1. The van der Waals surface area contributed by atoms with Crippen molar-refractivity contribution >= 4 is 5.91 Å². The molecule has 19 heavy (non-hydrogen) atoms. The number of nitrogens with zero attached hydrogens (tertiary/aromatic N) is 1. The Hall–Kier alpha value is -1.86. The van der Waals surface area contributed by atoms with Crippen molar-refractivity contribution in [1.29, 1.82) is 5.26 Å². The Morgan fingerprint density at radius 1 is 1.53 bits per heavy atom. The van der Waals surface area contributed by atoms with E-state index in [1.807, 2.05) is 19.9 Å².